The summed E-state index contributed by atoms with van der Waals surface area (Å²) in [6, 6.07) is 0. The summed E-state index contributed by atoms with van der Waals surface area (Å²) >= 11 is 4.09. The molecule has 0 aliphatic heterocycles. The third kappa shape index (κ3) is 2.14. The van der Waals surface area contributed by atoms with Gasteiger partial charge in [-0.1, -0.05) is 12.2 Å². The third-order valence-electron chi connectivity index (χ3n) is 1.92. The molecular formula is C9H14N2S. The molecule has 1 rings (SSSR count). The zero-order valence-corrected chi connectivity index (χ0v) is 8.38. The van der Waals surface area contributed by atoms with Gasteiger partial charge in [0.05, 0.1) is 12.0 Å². The molecule has 0 aromatic carbocycles. The second-order valence-electron chi connectivity index (χ2n) is 2.72. The first kappa shape index (κ1) is 9.39. The van der Waals surface area contributed by atoms with Gasteiger partial charge in [-0.05, 0) is 13.8 Å². The highest BCUT2D eigenvalue weighted by atomic mass is 32.1. The summed E-state index contributed by atoms with van der Waals surface area (Å²) in [6.45, 7) is 5.00. The van der Waals surface area contributed by atoms with Crippen molar-refractivity contribution in [2.75, 3.05) is 5.75 Å². The molecule has 0 amide bonds. The van der Waals surface area contributed by atoms with Gasteiger partial charge in [0.25, 0.3) is 0 Å². The molecule has 0 saturated carbocycles. The fourth-order valence-electron chi connectivity index (χ4n) is 0.991. The Morgan fingerprint density at radius 1 is 1.50 bits per heavy atom. The van der Waals surface area contributed by atoms with E-state index in [0.717, 1.165) is 18.0 Å². The third-order valence-corrected chi connectivity index (χ3v) is 2.13. The van der Waals surface area contributed by atoms with Crippen molar-refractivity contribution >= 4 is 12.6 Å². The summed E-state index contributed by atoms with van der Waals surface area (Å²) in [5.74, 6) is 0.798. The van der Waals surface area contributed by atoms with Gasteiger partial charge in [0.1, 0.15) is 0 Å². The molecule has 0 atom stereocenters. The highest BCUT2D eigenvalue weighted by Crippen LogP contribution is 2.03. The van der Waals surface area contributed by atoms with Crippen molar-refractivity contribution < 1.29 is 0 Å². The average Bonchev–Trinajstić information content (AvgIpc) is 2.36. The first-order valence-electron chi connectivity index (χ1n) is 4.00. The molecule has 1 heterocycles. The number of nitrogens with zero attached hydrogens (tertiary/aromatic N) is 2. The fourth-order valence-corrected chi connectivity index (χ4v) is 1.14. The van der Waals surface area contributed by atoms with E-state index in [4.69, 9.17) is 0 Å². The Kier molecular flexibility index (Phi) is 3.41. The SMILES string of the molecule is Cc1ncn(CC=CCS)c1C. The minimum absolute atomic E-state index is 0.798. The minimum atomic E-state index is 0.798. The normalized spacial score (nSPS) is 11.2. The van der Waals surface area contributed by atoms with Crippen molar-refractivity contribution in [2.45, 2.75) is 20.4 Å². The van der Waals surface area contributed by atoms with E-state index in [1.807, 2.05) is 19.3 Å². The van der Waals surface area contributed by atoms with Crippen LogP contribution in [0.25, 0.3) is 0 Å². The van der Waals surface area contributed by atoms with Crippen molar-refractivity contribution in [3.8, 4) is 0 Å². The van der Waals surface area contributed by atoms with Gasteiger partial charge < -0.3 is 4.57 Å². The number of aryl methyl sites for hydroxylation is 1. The Balaban J connectivity index is 2.63. The number of thiol groups is 1. The van der Waals surface area contributed by atoms with Crippen LogP contribution in [-0.2, 0) is 6.54 Å². The first-order chi connectivity index (χ1) is 5.75. The standard InChI is InChI=1S/C9H14N2S/c1-8-9(2)11(7-10-8)5-3-4-6-12/h3-4,7,12H,5-6H2,1-2H3. The summed E-state index contributed by atoms with van der Waals surface area (Å²) in [4.78, 5) is 4.20. The predicted molar refractivity (Wildman–Crippen MR) is 54.7 cm³/mol. The van der Waals surface area contributed by atoms with Crippen molar-refractivity contribution in [2.24, 2.45) is 0 Å². The number of aromatic nitrogens is 2. The van der Waals surface area contributed by atoms with Crippen molar-refractivity contribution in [3.63, 3.8) is 0 Å². The Labute approximate surface area is 78.7 Å². The van der Waals surface area contributed by atoms with E-state index in [1.54, 1.807) is 0 Å². The average molecular weight is 182 g/mol. The topological polar surface area (TPSA) is 17.8 Å². The highest BCUT2D eigenvalue weighted by molar-refractivity contribution is 7.80. The van der Waals surface area contributed by atoms with E-state index in [-0.39, 0.29) is 0 Å². The van der Waals surface area contributed by atoms with Crippen molar-refractivity contribution in [1.82, 2.24) is 9.55 Å². The van der Waals surface area contributed by atoms with Gasteiger partial charge in [-0.3, -0.25) is 0 Å². The van der Waals surface area contributed by atoms with Crippen LogP contribution in [0.3, 0.4) is 0 Å². The summed E-state index contributed by atoms with van der Waals surface area (Å²) in [5, 5.41) is 0. The molecule has 0 fully saturated rings. The van der Waals surface area contributed by atoms with E-state index in [2.05, 4.69) is 35.2 Å². The lowest BCUT2D eigenvalue weighted by Gasteiger charge is -1.99. The van der Waals surface area contributed by atoms with Crippen molar-refractivity contribution in [1.29, 1.82) is 0 Å². The summed E-state index contributed by atoms with van der Waals surface area (Å²) in [5.41, 5.74) is 2.34. The second-order valence-corrected chi connectivity index (χ2v) is 3.09. The zero-order chi connectivity index (χ0) is 8.97. The van der Waals surface area contributed by atoms with Crippen LogP contribution < -0.4 is 0 Å². The lowest BCUT2D eigenvalue weighted by atomic mass is 10.4. The lowest BCUT2D eigenvalue weighted by Crippen LogP contribution is -1.95. The van der Waals surface area contributed by atoms with E-state index in [0.29, 0.717) is 0 Å². The van der Waals surface area contributed by atoms with E-state index in [9.17, 15) is 0 Å². The van der Waals surface area contributed by atoms with Crippen LogP contribution in [0.15, 0.2) is 18.5 Å². The van der Waals surface area contributed by atoms with Crippen LogP contribution in [-0.4, -0.2) is 15.3 Å². The second kappa shape index (κ2) is 4.36. The molecule has 0 saturated heterocycles. The van der Waals surface area contributed by atoms with Gasteiger partial charge >= 0.3 is 0 Å². The van der Waals surface area contributed by atoms with Crippen LogP contribution in [0.4, 0.5) is 0 Å². The molecule has 1 aromatic rings. The van der Waals surface area contributed by atoms with Crippen LogP contribution in [0.2, 0.25) is 0 Å². The molecular weight excluding hydrogens is 168 g/mol. The highest BCUT2D eigenvalue weighted by Gasteiger charge is 1.98. The van der Waals surface area contributed by atoms with Gasteiger partial charge in [-0.25, -0.2) is 4.98 Å². The maximum Gasteiger partial charge on any atom is 0.0954 e. The number of hydrogen-bond acceptors (Lipinski definition) is 2. The Hall–Kier alpha value is -0.700. The van der Waals surface area contributed by atoms with Crippen LogP contribution in [0.5, 0.6) is 0 Å². The maximum absolute atomic E-state index is 4.20. The molecule has 0 spiro atoms. The number of imidazole rings is 1. The van der Waals surface area contributed by atoms with Gasteiger partial charge in [0.2, 0.25) is 0 Å². The monoisotopic (exact) mass is 182 g/mol. The fraction of sp³-hybridized carbons (Fsp3) is 0.444. The molecule has 0 radical (unpaired) electrons. The number of hydrogen-bond donors (Lipinski definition) is 1. The summed E-state index contributed by atoms with van der Waals surface area (Å²) < 4.78 is 2.12. The maximum atomic E-state index is 4.20. The Bertz CT molecular complexity index is 276. The molecule has 0 N–H and O–H groups in total. The molecule has 66 valence electrons. The van der Waals surface area contributed by atoms with Crippen LogP contribution >= 0.6 is 12.6 Å². The number of allylic oxidation sites excluding steroid dienone is 1. The predicted octanol–water partition coefficient (Wildman–Crippen LogP) is 1.99. The van der Waals surface area contributed by atoms with Crippen LogP contribution in [0, 0.1) is 13.8 Å². The van der Waals surface area contributed by atoms with Gasteiger partial charge in [-0.2, -0.15) is 12.6 Å². The largest absolute Gasteiger partial charge is 0.331 e. The van der Waals surface area contributed by atoms with E-state index >= 15 is 0 Å². The summed E-state index contributed by atoms with van der Waals surface area (Å²) in [6.07, 6.45) is 6.01. The summed E-state index contributed by atoms with van der Waals surface area (Å²) in [7, 11) is 0. The molecule has 1 aromatic heterocycles. The van der Waals surface area contributed by atoms with Gasteiger partial charge in [0.15, 0.2) is 0 Å². The quantitative estimate of drug-likeness (QED) is 0.559. The smallest absolute Gasteiger partial charge is 0.0954 e. The molecule has 2 nitrogen and oxygen atoms in total. The number of rotatable bonds is 3. The minimum Gasteiger partial charge on any atom is -0.331 e. The van der Waals surface area contributed by atoms with Crippen LogP contribution in [0.1, 0.15) is 11.4 Å². The van der Waals surface area contributed by atoms with Gasteiger partial charge in [-0.15, -0.1) is 0 Å². The molecule has 0 aliphatic carbocycles. The molecule has 0 unspecified atom stereocenters. The first-order valence-corrected chi connectivity index (χ1v) is 4.63. The Morgan fingerprint density at radius 2 is 2.25 bits per heavy atom. The van der Waals surface area contributed by atoms with Crippen molar-refractivity contribution in [3.05, 3.63) is 29.9 Å². The van der Waals surface area contributed by atoms with Gasteiger partial charge in [0, 0.05) is 18.0 Å². The van der Waals surface area contributed by atoms with E-state index < -0.39 is 0 Å². The Morgan fingerprint density at radius 3 is 2.75 bits per heavy atom. The molecule has 0 aliphatic rings. The molecule has 3 heteroatoms. The molecule has 0 bridgehead atoms. The lowest BCUT2D eigenvalue weighted by molar-refractivity contribution is 0.788. The van der Waals surface area contributed by atoms with E-state index in [1.165, 1.54) is 5.69 Å². The zero-order valence-electron chi connectivity index (χ0n) is 7.49. The molecule has 12 heavy (non-hydrogen) atoms.